The minimum atomic E-state index is -0.954. The minimum absolute atomic E-state index is 0.125. The minimum Gasteiger partial charge on any atom is -0.452 e. The molecule has 0 aliphatic heterocycles. The van der Waals surface area contributed by atoms with Crippen LogP contribution in [0.2, 0.25) is 0 Å². The van der Waals surface area contributed by atoms with Gasteiger partial charge in [-0.3, -0.25) is 4.79 Å². The number of carbonyl (C=O) groups is 2. The van der Waals surface area contributed by atoms with E-state index in [-0.39, 0.29) is 11.5 Å². The van der Waals surface area contributed by atoms with Gasteiger partial charge in [0.05, 0.1) is 11.6 Å². The van der Waals surface area contributed by atoms with Crippen molar-refractivity contribution < 1.29 is 18.7 Å². The summed E-state index contributed by atoms with van der Waals surface area (Å²) >= 11 is 3.13. The van der Waals surface area contributed by atoms with Crippen LogP contribution in [0, 0.1) is 23.1 Å². The Bertz CT molecular complexity index is 655. The van der Waals surface area contributed by atoms with Crippen molar-refractivity contribution in [1.29, 1.82) is 5.26 Å². The molecule has 0 radical (unpaired) electrons. The van der Waals surface area contributed by atoms with Crippen LogP contribution in [-0.2, 0) is 9.53 Å². The highest BCUT2D eigenvalue weighted by Gasteiger charge is 2.43. The van der Waals surface area contributed by atoms with E-state index in [1.165, 1.54) is 12.1 Å². The Hall–Kier alpha value is -1.94. The lowest BCUT2D eigenvalue weighted by atomic mass is 9.98. The number of halogens is 2. The number of nitrogens with one attached hydrogen (secondary N) is 1. The topological polar surface area (TPSA) is 79.2 Å². The predicted molar refractivity (Wildman–Crippen MR) is 79.3 cm³/mol. The van der Waals surface area contributed by atoms with Crippen LogP contribution in [0.15, 0.2) is 22.7 Å². The molecule has 1 aromatic carbocycles. The van der Waals surface area contributed by atoms with Gasteiger partial charge in [0.25, 0.3) is 5.91 Å². The lowest BCUT2D eigenvalue weighted by molar-refractivity contribution is -0.125. The molecule has 1 atom stereocenters. The van der Waals surface area contributed by atoms with Crippen LogP contribution >= 0.6 is 15.9 Å². The number of hydrogen-bond donors (Lipinski definition) is 1. The van der Waals surface area contributed by atoms with Gasteiger partial charge in [0.2, 0.25) is 0 Å². The third-order valence-electron chi connectivity index (χ3n) is 3.51. The van der Waals surface area contributed by atoms with E-state index in [0.717, 1.165) is 18.9 Å². The number of benzene rings is 1. The molecule has 2 rings (SSSR count). The Labute approximate surface area is 135 Å². The number of hydrogen-bond acceptors (Lipinski definition) is 4. The van der Waals surface area contributed by atoms with Crippen LogP contribution in [0.25, 0.3) is 0 Å². The van der Waals surface area contributed by atoms with E-state index in [9.17, 15) is 14.0 Å². The third-order valence-corrected chi connectivity index (χ3v) is 4.00. The SMILES string of the molecule is C[C@@](C#N)(NC(=O)COC(=O)c1cc(Br)ccc1F)C1CC1. The Kier molecular flexibility index (Phi) is 4.81. The van der Waals surface area contributed by atoms with Crippen LogP contribution in [0.3, 0.4) is 0 Å². The van der Waals surface area contributed by atoms with Crippen LogP contribution in [-0.4, -0.2) is 24.0 Å². The Balaban J connectivity index is 1.92. The summed E-state index contributed by atoms with van der Waals surface area (Å²) in [6, 6.07) is 5.92. The summed E-state index contributed by atoms with van der Waals surface area (Å²) < 4.78 is 18.8. The van der Waals surface area contributed by atoms with Gasteiger partial charge in [-0.1, -0.05) is 15.9 Å². The number of carbonyl (C=O) groups excluding carboxylic acids is 2. The fourth-order valence-corrected chi connectivity index (χ4v) is 2.43. The quantitative estimate of drug-likeness (QED) is 0.810. The van der Waals surface area contributed by atoms with Crippen molar-refractivity contribution in [2.24, 2.45) is 5.92 Å². The molecule has 0 saturated heterocycles. The fraction of sp³-hybridized carbons (Fsp3) is 0.400. The number of amides is 1. The average molecular weight is 369 g/mol. The van der Waals surface area contributed by atoms with Crippen molar-refractivity contribution in [3.8, 4) is 6.07 Å². The van der Waals surface area contributed by atoms with Crippen molar-refractivity contribution in [3.05, 3.63) is 34.1 Å². The van der Waals surface area contributed by atoms with Crippen molar-refractivity contribution in [2.75, 3.05) is 6.61 Å². The lowest BCUT2D eigenvalue weighted by Crippen LogP contribution is -2.48. The predicted octanol–water partition coefficient (Wildman–Crippen LogP) is 2.55. The highest BCUT2D eigenvalue weighted by Crippen LogP contribution is 2.39. The first kappa shape index (κ1) is 16.4. The van der Waals surface area contributed by atoms with E-state index in [4.69, 9.17) is 10.00 Å². The van der Waals surface area contributed by atoms with Crippen LogP contribution in [0.4, 0.5) is 4.39 Å². The molecule has 0 spiro atoms. The zero-order chi connectivity index (χ0) is 16.3. The van der Waals surface area contributed by atoms with Gasteiger partial charge in [-0.2, -0.15) is 5.26 Å². The van der Waals surface area contributed by atoms with E-state index in [0.29, 0.717) is 4.47 Å². The van der Waals surface area contributed by atoms with Gasteiger partial charge in [0, 0.05) is 4.47 Å². The molecule has 0 heterocycles. The van der Waals surface area contributed by atoms with Crippen molar-refractivity contribution in [2.45, 2.75) is 25.3 Å². The molecule has 5 nitrogen and oxygen atoms in total. The van der Waals surface area contributed by atoms with Crippen LogP contribution in [0.1, 0.15) is 30.1 Å². The summed E-state index contributed by atoms with van der Waals surface area (Å²) in [5.41, 5.74) is -1.21. The number of esters is 1. The Morgan fingerprint density at radius 2 is 2.23 bits per heavy atom. The largest absolute Gasteiger partial charge is 0.452 e. The van der Waals surface area contributed by atoms with Crippen molar-refractivity contribution in [3.63, 3.8) is 0 Å². The monoisotopic (exact) mass is 368 g/mol. The smallest absolute Gasteiger partial charge is 0.341 e. The van der Waals surface area contributed by atoms with Crippen molar-refractivity contribution in [1.82, 2.24) is 5.32 Å². The molecule has 1 aliphatic rings. The summed E-state index contributed by atoms with van der Waals surface area (Å²) in [7, 11) is 0. The van der Waals surface area contributed by atoms with Gasteiger partial charge in [0.15, 0.2) is 6.61 Å². The van der Waals surface area contributed by atoms with E-state index >= 15 is 0 Å². The van der Waals surface area contributed by atoms with Crippen molar-refractivity contribution >= 4 is 27.8 Å². The van der Waals surface area contributed by atoms with E-state index in [1.54, 1.807) is 6.92 Å². The first-order valence-corrected chi connectivity index (χ1v) is 7.49. The maximum atomic E-state index is 13.5. The first-order chi connectivity index (χ1) is 10.4. The second kappa shape index (κ2) is 6.44. The standard InChI is InChI=1S/C15H14BrFN2O3/c1-15(8-18,9-2-3-9)19-13(20)7-22-14(21)11-6-10(16)4-5-12(11)17/h4-6,9H,2-3,7H2,1H3,(H,19,20)/t15-/m0/s1. The zero-order valence-electron chi connectivity index (χ0n) is 11.9. The van der Waals surface area contributed by atoms with E-state index < -0.39 is 29.8 Å². The summed E-state index contributed by atoms with van der Waals surface area (Å²) in [4.78, 5) is 23.6. The number of rotatable bonds is 5. The molecule has 116 valence electrons. The highest BCUT2D eigenvalue weighted by atomic mass is 79.9. The molecule has 1 aromatic rings. The second-order valence-electron chi connectivity index (χ2n) is 5.34. The number of nitriles is 1. The van der Waals surface area contributed by atoms with Gasteiger partial charge in [-0.05, 0) is 43.9 Å². The van der Waals surface area contributed by atoms with Gasteiger partial charge < -0.3 is 10.1 Å². The molecule has 1 saturated carbocycles. The molecule has 0 bridgehead atoms. The fourth-order valence-electron chi connectivity index (χ4n) is 2.07. The number of ether oxygens (including phenoxy) is 1. The second-order valence-corrected chi connectivity index (χ2v) is 6.25. The average Bonchev–Trinajstić information content (AvgIpc) is 3.32. The molecule has 1 amide bonds. The lowest BCUT2D eigenvalue weighted by Gasteiger charge is -2.22. The maximum Gasteiger partial charge on any atom is 0.341 e. The summed E-state index contributed by atoms with van der Waals surface area (Å²) in [5.74, 6) is -2.12. The molecule has 1 N–H and O–H groups in total. The third kappa shape index (κ3) is 3.83. The molecule has 22 heavy (non-hydrogen) atoms. The normalized spacial score (nSPS) is 16.3. The molecule has 1 fully saturated rings. The summed E-state index contributed by atoms with van der Waals surface area (Å²) in [6.07, 6.45) is 1.76. The first-order valence-electron chi connectivity index (χ1n) is 6.70. The summed E-state index contributed by atoms with van der Waals surface area (Å²) in [6.45, 7) is 1.08. The van der Waals surface area contributed by atoms with Gasteiger partial charge in [-0.15, -0.1) is 0 Å². The molecule has 0 aromatic heterocycles. The van der Waals surface area contributed by atoms with E-state index in [2.05, 4.69) is 27.3 Å². The Morgan fingerprint density at radius 1 is 1.55 bits per heavy atom. The molecular weight excluding hydrogens is 355 g/mol. The highest BCUT2D eigenvalue weighted by molar-refractivity contribution is 9.10. The maximum absolute atomic E-state index is 13.5. The molecule has 0 unspecified atom stereocenters. The van der Waals surface area contributed by atoms with E-state index in [1.807, 2.05) is 0 Å². The van der Waals surface area contributed by atoms with Crippen LogP contribution < -0.4 is 5.32 Å². The molecular formula is C15H14BrFN2O3. The number of nitrogens with zero attached hydrogens (tertiary/aromatic N) is 1. The van der Waals surface area contributed by atoms with Crippen LogP contribution in [0.5, 0.6) is 0 Å². The zero-order valence-corrected chi connectivity index (χ0v) is 13.4. The summed E-state index contributed by atoms with van der Waals surface area (Å²) in [5, 5.41) is 11.7. The molecule has 1 aliphatic carbocycles. The van der Waals surface area contributed by atoms with Gasteiger partial charge >= 0.3 is 5.97 Å². The molecule has 7 heteroatoms. The Morgan fingerprint density at radius 3 is 2.82 bits per heavy atom. The van der Waals surface area contributed by atoms with Gasteiger partial charge in [-0.25, -0.2) is 9.18 Å². The van der Waals surface area contributed by atoms with Gasteiger partial charge in [0.1, 0.15) is 11.4 Å².